The molecule has 144 valence electrons. The third-order valence-electron chi connectivity index (χ3n) is 4.92. The maximum absolute atomic E-state index is 11.5. The van der Waals surface area contributed by atoms with Gasteiger partial charge in [-0.25, -0.2) is 9.78 Å². The number of nitrogens with one attached hydrogen (secondary N) is 2. The van der Waals surface area contributed by atoms with Crippen LogP contribution in [-0.4, -0.2) is 25.1 Å². The molecule has 4 aromatic heterocycles. The second-order valence-corrected chi connectivity index (χ2v) is 6.81. The zero-order valence-electron chi connectivity index (χ0n) is 15.4. The van der Waals surface area contributed by atoms with Gasteiger partial charge in [0, 0.05) is 10.9 Å². The van der Waals surface area contributed by atoms with Gasteiger partial charge in [-0.15, -0.1) is 0 Å². The Morgan fingerprint density at radius 2 is 1.77 bits per heavy atom. The standard InChI is InChI=1S/C22H13N5O3/c28-22-24-16-8-7-12(10-17(16)25-22)20-26-21(30-27-20)14-11-18(19-6-3-9-29-19)23-15-5-2-1-4-13(14)15/h1-11H,(H2,24,25,28). The van der Waals surface area contributed by atoms with Crippen LogP contribution in [0.2, 0.25) is 0 Å². The summed E-state index contributed by atoms with van der Waals surface area (Å²) in [5.74, 6) is 1.46. The van der Waals surface area contributed by atoms with Gasteiger partial charge >= 0.3 is 5.69 Å². The lowest BCUT2D eigenvalue weighted by molar-refractivity contribution is 0.432. The van der Waals surface area contributed by atoms with Crippen molar-refractivity contribution in [3.05, 3.63) is 77.4 Å². The topological polar surface area (TPSA) is 114 Å². The average molecular weight is 395 g/mol. The normalized spacial score (nSPS) is 11.5. The molecule has 0 radical (unpaired) electrons. The number of hydrogen-bond acceptors (Lipinski definition) is 6. The molecule has 0 aliphatic rings. The molecule has 0 unspecified atom stereocenters. The summed E-state index contributed by atoms with van der Waals surface area (Å²) >= 11 is 0. The zero-order valence-corrected chi connectivity index (χ0v) is 15.4. The molecule has 6 rings (SSSR count). The quantitative estimate of drug-likeness (QED) is 0.460. The number of pyridine rings is 1. The predicted molar refractivity (Wildman–Crippen MR) is 111 cm³/mol. The molecule has 2 N–H and O–H groups in total. The lowest BCUT2D eigenvalue weighted by Gasteiger charge is -2.05. The Morgan fingerprint density at radius 1 is 0.867 bits per heavy atom. The lowest BCUT2D eigenvalue weighted by Crippen LogP contribution is -1.99. The van der Waals surface area contributed by atoms with Crippen LogP contribution in [0.1, 0.15) is 0 Å². The minimum absolute atomic E-state index is 0.260. The van der Waals surface area contributed by atoms with Crippen LogP contribution in [0.4, 0.5) is 0 Å². The Kier molecular flexibility index (Phi) is 3.45. The number of H-pyrrole nitrogens is 2. The van der Waals surface area contributed by atoms with E-state index in [4.69, 9.17) is 8.94 Å². The summed E-state index contributed by atoms with van der Waals surface area (Å²) in [5.41, 5.74) is 4.12. The van der Waals surface area contributed by atoms with Crippen LogP contribution >= 0.6 is 0 Å². The molecule has 0 amide bonds. The van der Waals surface area contributed by atoms with Gasteiger partial charge in [-0.1, -0.05) is 23.4 Å². The first-order valence-corrected chi connectivity index (χ1v) is 9.25. The number of fused-ring (bicyclic) bond motifs is 2. The number of furan rings is 1. The smallest absolute Gasteiger partial charge is 0.323 e. The van der Waals surface area contributed by atoms with Gasteiger partial charge in [0.05, 0.1) is 28.4 Å². The Balaban J connectivity index is 1.51. The molecule has 0 fully saturated rings. The molecule has 8 heteroatoms. The van der Waals surface area contributed by atoms with Gasteiger partial charge in [-0.05, 0) is 42.5 Å². The second-order valence-electron chi connectivity index (χ2n) is 6.81. The molecule has 0 bridgehead atoms. The number of nitrogens with zero attached hydrogens (tertiary/aromatic N) is 3. The molecule has 0 spiro atoms. The van der Waals surface area contributed by atoms with Crippen LogP contribution in [-0.2, 0) is 0 Å². The Morgan fingerprint density at radius 3 is 2.67 bits per heavy atom. The monoisotopic (exact) mass is 395 g/mol. The van der Waals surface area contributed by atoms with Crippen LogP contribution < -0.4 is 5.69 Å². The summed E-state index contributed by atoms with van der Waals surface area (Å²) in [5, 5.41) is 5.04. The van der Waals surface area contributed by atoms with E-state index in [2.05, 4.69) is 25.1 Å². The molecule has 0 aliphatic carbocycles. The van der Waals surface area contributed by atoms with E-state index in [1.807, 2.05) is 48.5 Å². The molecule has 0 atom stereocenters. The van der Waals surface area contributed by atoms with Crippen molar-refractivity contribution < 1.29 is 8.94 Å². The van der Waals surface area contributed by atoms with Crippen molar-refractivity contribution in [3.8, 4) is 34.3 Å². The van der Waals surface area contributed by atoms with Gasteiger partial charge in [0.15, 0.2) is 5.76 Å². The zero-order chi connectivity index (χ0) is 20.1. The predicted octanol–water partition coefficient (Wildman–Crippen LogP) is 4.38. The number of benzene rings is 2. The van der Waals surface area contributed by atoms with Gasteiger partial charge in [-0.3, -0.25) is 0 Å². The number of rotatable bonds is 3. The molecule has 8 nitrogen and oxygen atoms in total. The molecule has 6 aromatic rings. The molecule has 30 heavy (non-hydrogen) atoms. The van der Waals surface area contributed by atoms with Crippen molar-refractivity contribution in [2.45, 2.75) is 0 Å². The summed E-state index contributed by atoms with van der Waals surface area (Å²) in [7, 11) is 0. The fourth-order valence-electron chi connectivity index (χ4n) is 3.52. The Hall–Kier alpha value is -4.46. The maximum atomic E-state index is 11.5. The van der Waals surface area contributed by atoms with Crippen molar-refractivity contribution >= 4 is 21.9 Å². The van der Waals surface area contributed by atoms with E-state index in [1.165, 1.54) is 0 Å². The number of aromatic nitrogens is 5. The third-order valence-corrected chi connectivity index (χ3v) is 4.92. The van der Waals surface area contributed by atoms with Crippen LogP contribution in [0, 0.1) is 0 Å². The highest BCUT2D eigenvalue weighted by atomic mass is 16.5. The van der Waals surface area contributed by atoms with Gasteiger partial charge in [0.2, 0.25) is 5.82 Å². The number of aromatic amines is 2. The van der Waals surface area contributed by atoms with Gasteiger partial charge in [-0.2, -0.15) is 4.98 Å². The first kappa shape index (κ1) is 16.5. The van der Waals surface area contributed by atoms with Crippen molar-refractivity contribution in [2.75, 3.05) is 0 Å². The van der Waals surface area contributed by atoms with E-state index in [-0.39, 0.29) is 5.69 Å². The second kappa shape index (κ2) is 6.28. The van der Waals surface area contributed by atoms with Gasteiger partial charge in [0.25, 0.3) is 5.89 Å². The van der Waals surface area contributed by atoms with Crippen molar-refractivity contribution in [2.24, 2.45) is 0 Å². The number of hydrogen-bond donors (Lipinski definition) is 2. The highest BCUT2D eigenvalue weighted by Gasteiger charge is 2.17. The van der Waals surface area contributed by atoms with E-state index in [9.17, 15) is 4.79 Å². The van der Waals surface area contributed by atoms with Crippen molar-refractivity contribution in [3.63, 3.8) is 0 Å². The van der Waals surface area contributed by atoms with Gasteiger partial charge in [0.1, 0.15) is 5.69 Å². The first-order chi connectivity index (χ1) is 14.7. The van der Waals surface area contributed by atoms with Crippen LogP contribution in [0.5, 0.6) is 0 Å². The summed E-state index contributed by atoms with van der Waals surface area (Å²) in [6.07, 6.45) is 1.61. The Labute approximate surface area is 168 Å². The van der Waals surface area contributed by atoms with Crippen LogP contribution in [0.3, 0.4) is 0 Å². The average Bonchev–Trinajstić information content (AvgIpc) is 3.52. The third kappa shape index (κ3) is 2.62. The largest absolute Gasteiger partial charge is 0.463 e. The SMILES string of the molecule is O=c1[nH]c2ccc(-c3noc(-c4cc(-c5ccco5)nc5ccccc45)n3)cc2[nH]1. The highest BCUT2D eigenvalue weighted by Crippen LogP contribution is 2.32. The van der Waals surface area contributed by atoms with Crippen molar-refractivity contribution in [1.82, 2.24) is 25.1 Å². The molecular formula is C22H13N5O3. The fraction of sp³-hybridized carbons (Fsp3) is 0. The van der Waals surface area contributed by atoms with Crippen LogP contribution in [0.15, 0.2) is 80.7 Å². The number of para-hydroxylation sites is 1. The molecule has 0 aliphatic heterocycles. The lowest BCUT2D eigenvalue weighted by atomic mass is 10.1. The molecule has 0 saturated carbocycles. The van der Waals surface area contributed by atoms with E-state index in [0.29, 0.717) is 28.7 Å². The molecular weight excluding hydrogens is 382 g/mol. The fourth-order valence-corrected chi connectivity index (χ4v) is 3.52. The Bertz CT molecular complexity index is 1570. The minimum atomic E-state index is -0.260. The minimum Gasteiger partial charge on any atom is -0.463 e. The molecule has 4 heterocycles. The first-order valence-electron chi connectivity index (χ1n) is 9.25. The summed E-state index contributed by atoms with van der Waals surface area (Å²) in [4.78, 5) is 26.2. The molecule has 0 saturated heterocycles. The van der Waals surface area contributed by atoms with E-state index in [0.717, 1.165) is 27.5 Å². The summed E-state index contributed by atoms with van der Waals surface area (Å²) in [6.45, 7) is 0. The van der Waals surface area contributed by atoms with E-state index >= 15 is 0 Å². The number of imidazole rings is 1. The van der Waals surface area contributed by atoms with E-state index < -0.39 is 0 Å². The summed E-state index contributed by atoms with van der Waals surface area (Å²) in [6, 6.07) is 18.7. The van der Waals surface area contributed by atoms with Crippen LogP contribution in [0.25, 0.3) is 56.2 Å². The maximum Gasteiger partial charge on any atom is 0.323 e. The van der Waals surface area contributed by atoms with E-state index in [1.54, 1.807) is 18.4 Å². The van der Waals surface area contributed by atoms with Gasteiger partial charge < -0.3 is 18.9 Å². The summed E-state index contributed by atoms with van der Waals surface area (Å²) < 4.78 is 11.1. The molecule has 2 aromatic carbocycles. The van der Waals surface area contributed by atoms with Crippen molar-refractivity contribution in [1.29, 1.82) is 0 Å². The highest BCUT2D eigenvalue weighted by molar-refractivity contribution is 5.94.